The van der Waals surface area contributed by atoms with Crippen LogP contribution in [0.1, 0.15) is 12.5 Å². The zero-order valence-corrected chi connectivity index (χ0v) is 15.5. The first-order valence-electron chi connectivity index (χ1n) is 7.80. The van der Waals surface area contributed by atoms with Gasteiger partial charge in [-0.05, 0) is 49.7 Å². The van der Waals surface area contributed by atoms with Gasteiger partial charge in [-0.2, -0.15) is 0 Å². The van der Waals surface area contributed by atoms with Crippen molar-refractivity contribution in [3.05, 3.63) is 68.5 Å². The molecule has 0 saturated heterocycles. The molecule has 2 aromatic carbocycles. The summed E-state index contributed by atoms with van der Waals surface area (Å²) >= 11 is 11.9. The Balaban J connectivity index is 1.76. The fourth-order valence-corrected chi connectivity index (χ4v) is 2.92. The first-order chi connectivity index (χ1) is 12.3. The first-order valence-corrected chi connectivity index (χ1v) is 8.56. The van der Waals surface area contributed by atoms with Crippen molar-refractivity contribution in [3.8, 4) is 5.75 Å². The Labute approximate surface area is 159 Å². The summed E-state index contributed by atoms with van der Waals surface area (Å²) in [4.78, 5) is 23.8. The Bertz CT molecular complexity index is 1050. The van der Waals surface area contributed by atoms with E-state index in [1.165, 1.54) is 12.1 Å². The van der Waals surface area contributed by atoms with Crippen molar-refractivity contribution >= 4 is 45.8 Å². The number of fused-ring (bicyclic) bond motifs is 1. The molecule has 5 nitrogen and oxygen atoms in total. The van der Waals surface area contributed by atoms with Gasteiger partial charge in [0.2, 0.25) is 0 Å². The number of hydrogen-bond donors (Lipinski definition) is 1. The van der Waals surface area contributed by atoms with Gasteiger partial charge in [-0.25, -0.2) is 4.79 Å². The topological polar surface area (TPSA) is 68.5 Å². The summed E-state index contributed by atoms with van der Waals surface area (Å²) in [5.74, 6) is 0.0381. The van der Waals surface area contributed by atoms with E-state index in [0.717, 1.165) is 10.9 Å². The molecule has 0 aliphatic rings. The van der Waals surface area contributed by atoms with E-state index in [4.69, 9.17) is 32.4 Å². The normalized spacial score (nSPS) is 12.0. The second kappa shape index (κ2) is 7.40. The fraction of sp³-hybridized carbons (Fsp3) is 0.158. The molecule has 0 fully saturated rings. The molecule has 3 aromatic rings. The Morgan fingerprint density at radius 1 is 1.15 bits per heavy atom. The van der Waals surface area contributed by atoms with Crippen molar-refractivity contribution < 1.29 is 13.9 Å². The average Bonchev–Trinajstić information content (AvgIpc) is 2.56. The molecule has 0 spiro atoms. The molecule has 0 aliphatic heterocycles. The molecule has 0 radical (unpaired) electrons. The van der Waals surface area contributed by atoms with Gasteiger partial charge in [-0.15, -0.1) is 0 Å². The predicted molar refractivity (Wildman–Crippen MR) is 102 cm³/mol. The minimum absolute atomic E-state index is 0.334. The summed E-state index contributed by atoms with van der Waals surface area (Å²) in [5, 5.41) is 4.30. The van der Waals surface area contributed by atoms with Crippen LogP contribution in [0.25, 0.3) is 11.0 Å². The van der Waals surface area contributed by atoms with Crippen LogP contribution < -0.4 is 15.7 Å². The molecule has 0 bridgehead atoms. The molecule has 7 heteroatoms. The lowest BCUT2D eigenvalue weighted by Crippen LogP contribution is -2.30. The molecule has 0 saturated carbocycles. The van der Waals surface area contributed by atoms with E-state index in [2.05, 4.69) is 5.32 Å². The van der Waals surface area contributed by atoms with E-state index >= 15 is 0 Å². The van der Waals surface area contributed by atoms with E-state index in [1.54, 1.807) is 37.3 Å². The van der Waals surface area contributed by atoms with Crippen LogP contribution in [0.3, 0.4) is 0 Å². The molecule has 0 unspecified atom stereocenters. The Morgan fingerprint density at radius 2 is 1.92 bits per heavy atom. The number of anilines is 1. The van der Waals surface area contributed by atoms with Gasteiger partial charge >= 0.3 is 5.63 Å². The van der Waals surface area contributed by atoms with Crippen molar-refractivity contribution in [1.29, 1.82) is 0 Å². The quantitative estimate of drug-likeness (QED) is 0.647. The highest BCUT2D eigenvalue weighted by atomic mass is 35.5. The number of ether oxygens (including phenoxy) is 1. The monoisotopic (exact) mass is 391 g/mol. The molecule has 3 rings (SSSR count). The lowest BCUT2D eigenvalue weighted by molar-refractivity contribution is -0.122. The van der Waals surface area contributed by atoms with Gasteiger partial charge in [0.05, 0.1) is 10.7 Å². The van der Waals surface area contributed by atoms with Gasteiger partial charge < -0.3 is 14.5 Å². The first kappa shape index (κ1) is 18.3. The van der Waals surface area contributed by atoms with Crippen molar-refractivity contribution in [2.75, 3.05) is 5.32 Å². The molecule has 1 N–H and O–H groups in total. The largest absolute Gasteiger partial charge is 0.481 e. The zero-order chi connectivity index (χ0) is 18.8. The van der Waals surface area contributed by atoms with Crippen molar-refractivity contribution in [2.24, 2.45) is 0 Å². The standard InChI is InChI=1S/C19H15Cl2NO4/c1-10-7-18(23)26-17-9-13(4-5-14(10)17)25-11(2)19(24)22-16-6-3-12(20)8-15(16)21/h3-9,11H,1-2H3,(H,22,24)/t11-/m1/s1. The summed E-state index contributed by atoms with van der Waals surface area (Å²) in [6.45, 7) is 3.43. The lowest BCUT2D eigenvalue weighted by Gasteiger charge is -2.15. The average molecular weight is 392 g/mol. The minimum atomic E-state index is -0.796. The van der Waals surface area contributed by atoms with E-state index < -0.39 is 11.7 Å². The molecule has 0 aliphatic carbocycles. The molecule has 1 amide bonds. The van der Waals surface area contributed by atoms with Gasteiger partial charge in [0.15, 0.2) is 6.10 Å². The third-order valence-electron chi connectivity index (χ3n) is 3.79. The highest BCUT2D eigenvalue weighted by Gasteiger charge is 2.17. The summed E-state index contributed by atoms with van der Waals surface area (Å²) in [7, 11) is 0. The zero-order valence-electron chi connectivity index (χ0n) is 14.0. The minimum Gasteiger partial charge on any atom is -0.481 e. The number of carbonyl (C=O) groups is 1. The molecule has 1 aromatic heterocycles. The van der Waals surface area contributed by atoms with Crippen LogP contribution in [0.2, 0.25) is 10.0 Å². The number of halogens is 2. The lowest BCUT2D eigenvalue weighted by atomic mass is 10.1. The fourth-order valence-electron chi connectivity index (χ4n) is 2.46. The second-order valence-electron chi connectivity index (χ2n) is 5.78. The number of nitrogens with one attached hydrogen (secondary N) is 1. The van der Waals surface area contributed by atoms with Crippen LogP contribution in [0, 0.1) is 6.92 Å². The maximum Gasteiger partial charge on any atom is 0.336 e. The van der Waals surface area contributed by atoms with E-state index in [-0.39, 0.29) is 5.91 Å². The molecule has 1 heterocycles. The van der Waals surface area contributed by atoms with Crippen LogP contribution >= 0.6 is 23.2 Å². The van der Waals surface area contributed by atoms with Gasteiger partial charge in [-0.1, -0.05) is 23.2 Å². The van der Waals surface area contributed by atoms with Gasteiger partial charge in [0, 0.05) is 22.5 Å². The van der Waals surface area contributed by atoms with E-state index in [9.17, 15) is 9.59 Å². The summed E-state index contributed by atoms with van der Waals surface area (Å²) in [6, 6.07) is 11.3. The van der Waals surface area contributed by atoms with E-state index in [1.807, 2.05) is 6.92 Å². The number of hydrogen-bond acceptors (Lipinski definition) is 4. The molecule has 1 atom stereocenters. The second-order valence-corrected chi connectivity index (χ2v) is 6.62. The molecule has 134 valence electrons. The Kier molecular flexibility index (Phi) is 5.20. The maximum absolute atomic E-state index is 12.3. The van der Waals surface area contributed by atoms with Crippen molar-refractivity contribution in [3.63, 3.8) is 0 Å². The van der Waals surface area contributed by atoms with Gasteiger partial charge in [-0.3, -0.25) is 4.79 Å². The van der Waals surface area contributed by atoms with Crippen LogP contribution in [0.5, 0.6) is 5.75 Å². The smallest absolute Gasteiger partial charge is 0.336 e. The van der Waals surface area contributed by atoms with Crippen LogP contribution in [0.4, 0.5) is 5.69 Å². The third kappa shape index (κ3) is 4.00. The summed E-state index contributed by atoms with van der Waals surface area (Å²) < 4.78 is 10.8. The van der Waals surface area contributed by atoms with Crippen molar-refractivity contribution in [1.82, 2.24) is 0 Å². The van der Waals surface area contributed by atoms with Gasteiger partial charge in [0.1, 0.15) is 11.3 Å². The number of amides is 1. The maximum atomic E-state index is 12.3. The summed E-state index contributed by atoms with van der Waals surface area (Å²) in [6.07, 6.45) is -0.796. The molecule has 26 heavy (non-hydrogen) atoms. The number of aryl methyl sites for hydroxylation is 1. The van der Waals surface area contributed by atoms with Crippen LogP contribution in [-0.4, -0.2) is 12.0 Å². The highest BCUT2D eigenvalue weighted by Crippen LogP contribution is 2.26. The number of carbonyl (C=O) groups excluding carboxylic acids is 1. The number of benzene rings is 2. The number of rotatable bonds is 4. The highest BCUT2D eigenvalue weighted by molar-refractivity contribution is 6.36. The predicted octanol–water partition coefficient (Wildman–Crippen LogP) is 4.81. The third-order valence-corrected chi connectivity index (χ3v) is 4.34. The van der Waals surface area contributed by atoms with Crippen LogP contribution in [0.15, 0.2) is 51.7 Å². The molecular formula is C19H15Cl2NO4. The summed E-state index contributed by atoms with van der Waals surface area (Å²) in [5.41, 5.74) is 1.22. The van der Waals surface area contributed by atoms with Gasteiger partial charge in [0.25, 0.3) is 5.91 Å². The molecular weight excluding hydrogens is 377 g/mol. The Morgan fingerprint density at radius 3 is 2.65 bits per heavy atom. The Hall–Kier alpha value is -2.50. The van der Waals surface area contributed by atoms with Crippen LogP contribution in [-0.2, 0) is 4.79 Å². The van der Waals surface area contributed by atoms with E-state index in [0.29, 0.717) is 27.1 Å². The van der Waals surface area contributed by atoms with Crippen molar-refractivity contribution in [2.45, 2.75) is 20.0 Å². The SMILES string of the molecule is Cc1cc(=O)oc2cc(O[C@H](C)C(=O)Nc3ccc(Cl)cc3Cl)ccc12.